The van der Waals surface area contributed by atoms with E-state index >= 15 is 0 Å². The summed E-state index contributed by atoms with van der Waals surface area (Å²) in [6.45, 7) is 8.29. The van der Waals surface area contributed by atoms with Gasteiger partial charge in [-0.1, -0.05) is 20.8 Å². The maximum atomic E-state index is 8.04. The van der Waals surface area contributed by atoms with Crippen molar-refractivity contribution in [3.05, 3.63) is 0 Å². The second kappa shape index (κ2) is 4.71. The van der Waals surface area contributed by atoms with Gasteiger partial charge in [0.25, 0.3) is 0 Å². The smallest absolute Gasteiger partial charge is 0.191 e. The molecule has 0 bridgehead atoms. The summed E-state index contributed by atoms with van der Waals surface area (Å²) in [6, 6.07) is -0.0696. The van der Waals surface area contributed by atoms with Crippen molar-refractivity contribution in [3.8, 4) is 0 Å². The molecule has 2 rings (SSSR count). The molecule has 0 saturated heterocycles. The summed E-state index contributed by atoms with van der Waals surface area (Å²) in [7, 11) is 0. The third-order valence-corrected chi connectivity index (χ3v) is 3.85. The van der Waals surface area contributed by atoms with E-state index in [-0.39, 0.29) is 11.5 Å². The van der Waals surface area contributed by atoms with Gasteiger partial charge in [-0.3, -0.25) is 4.99 Å². The first-order valence-electron chi connectivity index (χ1n) is 6.59. The lowest BCUT2D eigenvalue weighted by molar-refractivity contribution is 0.222. The summed E-state index contributed by atoms with van der Waals surface area (Å²) in [5, 5.41) is 22.5. The number of nitrogens with one attached hydrogen (secondary N) is 4. The van der Waals surface area contributed by atoms with E-state index in [0.717, 1.165) is 31.9 Å². The van der Waals surface area contributed by atoms with Crippen LogP contribution in [0, 0.1) is 22.2 Å². The zero-order valence-electron chi connectivity index (χ0n) is 11.4. The van der Waals surface area contributed by atoms with Crippen LogP contribution in [0.15, 0.2) is 4.99 Å². The molecule has 0 spiro atoms. The Kier molecular flexibility index (Phi) is 3.41. The first kappa shape index (κ1) is 13.1. The fourth-order valence-electron chi connectivity index (χ4n) is 2.50. The molecule has 1 heterocycles. The van der Waals surface area contributed by atoms with Gasteiger partial charge in [-0.15, -0.1) is 0 Å². The fourth-order valence-corrected chi connectivity index (χ4v) is 2.50. The van der Waals surface area contributed by atoms with Crippen LogP contribution < -0.4 is 10.6 Å². The summed E-state index contributed by atoms with van der Waals surface area (Å²) in [6.07, 6.45) is 1.63. The molecule has 1 aliphatic carbocycles. The van der Waals surface area contributed by atoms with Crippen LogP contribution in [-0.2, 0) is 0 Å². The van der Waals surface area contributed by atoms with E-state index in [2.05, 4.69) is 36.4 Å². The van der Waals surface area contributed by atoms with Gasteiger partial charge in [0, 0.05) is 6.54 Å². The molecule has 0 aromatic heterocycles. The molecular weight excluding hydrogens is 226 g/mol. The van der Waals surface area contributed by atoms with Gasteiger partial charge in [0.2, 0.25) is 0 Å². The lowest BCUT2D eigenvalue weighted by Crippen LogP contribution is -2.52. The molecule has 1 saturated carbocycles. The average Bonchev–Trinajstić information content (AvgIpc) is 2.75. The van der Waals surface area contributed by atoms with E-state index in [1.165, 1.54) is 0 Å². The van der Waals surface area contributed by atoms with Crippen LogP contribution in [0.25, 0.3) is 0 Å². The Bertz CT molecular complexity index is 391. The van der Waals surface area contributed by atoms with Gasteiger partial charge >= 0.3 is 0 Å². The van der Waals surface area contributed by atoms with Crippen molar-refractivity contribution >= 4 is 17.4 Å². The molecule has 0 amide bonds. The molecule has 2 atom stereocenters. The van der Waals surface area contributed by atoms with Crippen LogP contribution in [0.3, 0.4) is 0 Å². The molecule has 0 aromatic rings. The Hall–Kier alpha value is -1.39. The molecule has 4 N–H and O–H groups in total. The Balaban J connectivity index is 2.07. The first-order valence-corrected chi connectivity index (χ1v) is 6.59. The normalized spacial score (nSPS) is 28.9. The number of rotatable bonds is 1. The first-order chi connectivity index (χ1) is 8.38. The third kappa shape index (κ3) is 2.71. The Morgan fingerprint density at radius 2 is 2.06 bits per heavy atom. The molecule has 18 heavy (non-hydrogen) atoms. The molecule has 0 aromatic carbocycles. The van der Waals surface area contributed by atoms with Crippen molar-refractivity contribution in [2.75, 3.05) is 13.1 Å². The van der Waals surface area contributed by atoms with Crippen LogP contribution >= 0.6 is 0 Å². The van der Waals surface area contributed by atoms with Crippen LogP contribution in [0.2, 0.25) is 0 Å². The number of hydrogen-bond acceptors (Lipinski definition) is 5. The van der Waals surface area contributed by atoms with E-state index in [9.17, 15) is 0 Å². The minimum Gasteiger partial charge on any atom is -0.355 e. The van der Waals surface area contributed by atoms with Gasteiger partial charge in [-0.25, -0.2) is 0 Å². The number of aliphatic imine (C=N–C) groups is 1. The highest BCUT2D eigenvalue weighted by atomic mass is 15.2. The molecule has 5 nitrogen and oxygen atoms in total. The van der Waals surface area contributed by atoms with Crippen LogP contribution in [0.1, 0.15) is 33.6 Å². The van der Waals surface area contributed by atoms with E-state index in [1.807, 2.05) is 0 Å². The SMILES string of the molecule is CC(C)(C)C1CC(=N)C(=N)C(NC2=NCCN2)C1. The predicted octanol–water partition coefficient (Wildman–Crippen LogP) is 1.40. The summed E-state index contributed by atoms with van der Waals surface area (Å²) in [4.78, 5) is 4.30. The highest BCUT2D eigenvalue weighted by molar-refractivity contribution is 6.42. The Morgan fingerprint density at radius 1 is 1.33 bits per heavy atom. The molecule has 2 aliphatic rings. The number of hydrogen-bond donors (Lipinski definition) is 4. The van der Waals surface area contributed by atoms with E-state index in [4.69, 9.17) is 10.8 Å². The van der Waals surface area contributed by atoms with Crippen molar-refractivity contribution < 1.29 is 0 Å². The summed E-state index contributed by atoms with van der Waals surface area (Å²) in [5.74, 6) is 1.23. The maximum absolute atomic E-state index is 8.04. The van der Waals surface area contributed by atoms with Gasteiger partial charge in [-0.2, -0.15) is 0 Å². The second-order valence-corrected chi connectivity index (χ2v) is 6.25. The van der Waals surface area contributed by atoms with Crippen molar-refractivity contribution in [1.82, 2.24) is 10.6 Å². The van der Waals surface area contributed by atoms with Gasteiger partial charge in [0.05, 0.1) is 24.0 Å². The quantitative estimate of drug-likeness (QED) is 0.566. The summed E-state index contributed by atoms with van der Waals surface area (Å²) < 4.78 is 0. The predicted molar refractivity (Wildman–Crippen MR) is 74.9 cm³/mol. The largest absolute Gasteiger partial charge is 0.355 e. The van der Waals surface area contributed by atoms with E-state index in [0.29, 0.717) is 17.3 Å². The molecule has 0 radical (unpaired) electrons. The Morgan fingerprint density at radius 3 is 2.61 bits per heavy atom. The van der Waals surface area contributed by atoms with Crippen molar-refractivity contribution in [2.24, 2.45) is 16.3 Å². The highest BCUT2D eigenvalue weighted by Gasteiger charge is 2.36. The standard InChI is InChI=1S/C13H23N5/c1-13(2,3)8-6-9(14)11(15)10(7-8)18-12-16-4-5-17-12/h8,10,14-15H,4-7H2,1-3H3,(H2,16,17,18). The maximum Gasteiger partial charge on any atom is 0.191 e. The molecule has 100 valence electrons. The average molecular weight is 249 g/mol. The van der Waals surface area contributed by atoms with E-state index < -0.39 is 0 Å². The van der Waals surface area contributed by atoms with Crippen molar-refractivity contribution in [3.63, 3.8) is 0 Å². The third-order valence-electron chi connectivity index (χ3n) is 3.85. The minimum absolute atomic E-state index is 0.0696. The molecular formula is C13H23N5. The second-order valence-electron chi connectivity index (χ2n) is 6.25. The fraction of sp³-hybridized carbons (Fsp3) is 0.769. The zero-order valence-corrected chi connectivity index (χ0v) is 11.4. The topological polar surface area (TPSA) is 84.1 Å². The van der Waals surface area contributed by atoms with Crippen LogP contribution in [-0.4, -0.2) is 36.5 Å². The molecule has 1 aliphatic heterocycles. The van der Waals surface area contributed by atoms with Gasteiger partial charge in [0.15, 0.2) is 5.96 Å². The minimum atomic E-state index is -0.0696. The lowest BCUT2D eigenvalue weighted by atomic mass is 9.70. The highest BCUT2D eigenvalue weighted by Crippen LogP contribution is 2.35. The van der Waals surface area contributed by atoms with Gasteiger partial charge < -0.3 is 21.5 Å². The van der Waals surface area contributed by atoms with Gasteiger partial charge in [0.1, 0.15) is 0 Å². The number of nitrogens with zero attached hydrogens (tertiary/aromatic N) is 1. The number of guanidine groups is 1. The lowest BCUT2D eigenvalue weighted by Gasteiger charge is -2.38. The summed E-state index contributed by atoms with van der Waals surface area (Å²) >= 11 is 0. The molecule has 5 heteroatoms. The zero-order chi connectivity index (χ0) is 13.3. The monoisotopic (exact) mass is 249 g/mol. The molecule has 2 unspecified atom stereocenters. The van der Waals surface area contributed by atoms with Gasteiger partial charge in [-0.05, 0) is 24.2 Å². The molecule has 1 fully saturated rings. The van der Waals surface area contributed by atoms with Crippen molar-refractivity contribution in [1.29, 1.82) is 10.8 Å². The van der Waals surface area contributed by atoms with Crippen molar-refractivity contribution in [2.45, 2.75) is 39.7 Å². The summed E-state index contributed by atoms with van der Waals surface area (Å²) in [5.41, 5.74) is 1.07. The Labute approximate surface area is 108 Å². The van der Waals surface area contributed by atoms with E-state index in [1.54, 1.807) is 0 Å². The van der Waals surface area contributed by atoms with Crippen LogP contribution in [0.5, 0.6) is 0 Å². The van der Waals surface area contributed by atoms with Crippen LogP contribution in [0.4, 0.5) is 0 Å².